The van der Waals surface area contributed by atoms with Crippen LogP contribution >= 0.6 is 0 Å². The topological polar surface area (TPSA) is 98.7 Å². The molecule has 2 aliphatic heterocycles. The number of hydrogen-bond donors (Lipinski definition) is 3. The number of carboxylic acid groups (broad SMARTS) is 1. The van der Waals surface area contributed by atoms with Crippen LogP contribution in [0.5, 0.6) is 0 Å². The predicted molar refractivity (Wildman–Crippen MR) is 125 cm³/mol. The summed E-state index contributed by atoms with van der Waals surface area (Å²) in [7, 11) is 0. The standard InChI is InChI=1S/C23H31N3O2.C2HF3O2/c27-22(26-15-13-18-8-1-2-10-21(18)26)12-11-19(16-17-6-5-7-17)25-23(28)20-9-3-4-14-24-20;3-2(4,5)1(6)7/h1-2,8,10-12,17,19-20,24H,3-7,9,13-16H2,(H,25,28);(H,6,7)/b12-11+;/t19-,20+;/m1./s1. The van der Waals surface area contributed by atoms with Gasteiger partial charge in [0.25, 0.3) is 5.91 Å². The fourth-order valence-electron chi connectivity index (χ4n) is 4.49. The summed E-state index contributed by atoms with van der Waals surface area (Å²) in [6, 6.07) is 7.94. The highest BCUT2D eigenvalue weighted by Gasteiger charge is 2.38. The monoisotopic (exact) mass is 495 g/mol. The Morgan fingerprint density at radius 1 is 1.14 bits per heavy atom. The molecule has 1 aromatic carbocycles. The lowest BCUT2D eigenvalue weighted by Gasteiger charge is -2.30. The molecule has 0 unspecified atom stereocenters. The maximum Gasteiger partial charge on any atom is 0.490 e. The fourth-order valence-corrected chi connectivity index (χ4v) is 4.49. The van der Waals surface area contributed by atoms with Crippen molar-refractivity contribution in [2.75, 3.05) is 18.0 Å². The number of nitrogens with one attached hydrogen (secondary N) is 2. The molecule has 1 saturated carbocycles. The van der Waals surface area contributed by atoms with Gasteiger partial charge in [0.15, 0.2) is 0 Å². The van der Waals surface area contributed by atoms with E-state index in [4.69, 9.17) is 9.90 Å². The number of halogens is 3. The van der Waals surface area contributed by atoms with Crippen molar-refractivity contribution in [2.24, 2.45) is 5.92 Å². The van der Waals surface area contributed by atoms with E-state index in [0.717, 1.165) is 50.9 Å². The molecular weight excluding hydrogens is 463 g/mol. The molecule has 2 amide bonds. The zero-order valence-electron chi connectivity index (χ0n) is 19.5. The van der Waals surface area contributed by atoms with Gasteiger partial charge in [-0.05, 0) is 49.8 Å². The Balaban J connectivity index is 0.000000429. The van der Waals surface area contributed by atoms with Gasteiger partial charge in [0.2, 0.25) is 5.91 Å². The molecule has 35 heavy (non-hydrogen) atoms. The molecule has 1 aromatic rings. The van der Waals surface area contributed by atoms with Gasteiger partial charge in [-0.1, -0.05) is 50.0 Å². The van der Waals surface area contributed by atoms with Gasteiger partial charge in [0.1, 0.15) is 0 Å². The van der Waals surface area contributed by atoms with Crippen molar-refractivity contribution in [1.82, 2.24) is 10.6 Å². The normalized spacial score (nSPS) is 20.9. The number of nitrogens with zero attached hydrogens (tertiary/aromatic N) is 1. The van der Waals surface area contributed by atoms with Gasteiger partial charge < -0.3 is 20.6 Å². The van der Waals surface area contributed by atoms with Crippen LogP contribution in [0.3, 0.4) is 0 Å². The number of para-hydroxylation sites is 1. The second-order valence-corrected chi connectivity index (χ2v) is 9.18. The van der Waals surface area contributed by atoms with Crippen LogP contribution in [0.15, 0.2) is 36.4 Å². The first-order chi connectivity index (χ1) is 16.6. The Kier molecular flexibility index (Phi) is 9.31. The van der Waals surface area contributed by atoms with Crippen molar-refractivity contribution in [2.45, 2.75) is 69.6 Å². The Hall–Kier alpha value is -2.88. The molecule has 0 spiro atoms. The summed E-state index contributed by atoms with van der Waals surface area (Å²) in [5.74, 6) is -2.01. The second-order valence-electron chi connectivity index (χ2n) is 9.18. The van der Waals surface area contributed by atoms with E-state index in [0.29, 0.717) is 5.92 Å². The van der Waals surface area contributed by atoms with Crippen molar-refractivity contribution >= 4 is 23.5 Å². The maximum absolute atomic E-state index is 12.8. The van der Waals surface area contributed by atoms with Crippen LogP contribution in [0, 0.1) is 5.92 Å². The molecule has 2 fully saturated rings. The number of aliphatic carboxylic acids is 1. The van der Waals surface area contributed by atoms with Crippen molar-refractivity contribution < 1.29 is 32.7 Å². The van der Waals surface area contributed by atoms with Crippen LogP contribution in [0.4, 0.5) is 18.9 Å². The average molecular weight is 496 g/mol. The maximum atomic E-state index is 12.8. The average Bonchev–Trinajstić information content (AvgIpc) is 3.24. The molecule has 4 rings (SSSR count). The molecule has 0 radical (unpaired) electrons. The number of amides is 2. The van der Waals surface area contributed by atoms with E-state index in [1.54, 1.807) is 6.08 Å². The minimum Gasteiger partial charge on any atom is -0.475 e. The van der Waals surface area contributed by atoms with Crippen LogP contribution < -0.4 is 15.5 Å². The molecule has 10 heteroatoms. The number of hydrogen-bond acceptors (Lipinski definition) is 4. The molecule has 2 heterocycles. The summed E-state index contributed by atoms with van der Waals surface area (Å²) in [6.45, 7) is 1.64. The summed E-state index contributed by atoms with van der Waals surface area (Å²) in [5.41, 5.74) is 2.25. The first kappa shape index (κ1) is 26.7. The van der Waals surface area contributed by atoms with Gasteiger partial charge in [0, 0.05) is 24.4 Å². The first-order valence-electron chi connectivity index (χ1n) is 12.1. The highest BCUT2D eigenvalue weighted by Crippen LogP contribution is 2.31. The number of rotatable bonds is 6. The SMILES string of the molecule is O=C(N[C@H](/C=C/C(=O)N1CCc2ccccc21)CC1CCC1)[C@@H]1CCCCN1.O=C(O)C(F)(F)F. The molecule has 1 aliphatic carbocycles. The van der Waals surface area contributed by atoms with Crippen LogP contribution in [-0.2, 0) is 20.8 Å². The van der Waals surface area contributed by atoms with E-state index >= 15 is 0 Å². The number of benzene rings is 1. The molecule has 3 N–H and O–H groups in total. The van der Waals surface area contributed by atoms with Crippen molar-refractivity contribution in [3.63, 3.8) is 0 Å². The zero-order chi connectivity index (χ0) is 25.4. The van der Waals surface area contributed by atoms with Gasteiger partial charge >= 0.3 is 12.1 Å². The summed E-state index contributed by atoms with van der Waals surface area (Å²) in [4.78, 5) is 36.2. The van der Waals surface area contributed by atoms with E-state index in [1.807, 2.05) is 29.2 Å². The molecule has 192 valence electrons. The molecular formula is C25H32F3N3O4. The lowest BCUT2D eigenvalue weighted by Crippen LogP contribution is -2.49. The van der Waals surface area contributed by atoms with E-state index < -0.39 is 12.1 Å². The van der Waals surface area contributed by atoms with E-state index in [9.17, 15) is 22.8 Å². The fraction of sp³-hybridized carbons (Fsp3) is 0.560. The lowest BCUT2D eigenvalue weighted by atomic mass is 9.80. The van der Waals surface area contributed by atoms with E-state index in [-0.39, 0.29) is 23.9 Å². The highest BCUT2D eigenvalue weighted by atomic mass is 19.4. The third kappa shape index (κ3) is 7.81. The highest BCUT2D eigenvalue weighted by molar-refractivity contribution is 6.03. The van der Waals surface area contributed by atoms with Crippen molar-refractivity contribution in [3.8, 4) is 0 Å². The third-order valence-corrected chi connectivity index (χ3v) is 6.63. The number of anilines is 1. The molecule has 3 aliphatic rings. The Labute approximate surface area is 202 Å². The second kappa shape index (κ2) is 12.2. The number of piperidine rings is 1. The van der Waals surface area contributed by atoms with Crippen LogP contribution in [-0.4, -0.2) is 54.2 Å². The number of alkyl halides is 3. The first-order valence-corrected chi connectivity index (χ1v) is 12.1. The van der Waals surface area contributed by atoms with Gasteiger partial charge in [-0.2, -0.15) is 13.2 Å². The Bertz CT molecular complexity index is 925. The number of fused-ring (bicyclic) bond motifs is 1. The van der Waals surface area contributed by atoms with Crippen LogP contribution in [0.2, 0.25) is 0 Å². The third-order valence-electron chi connectivity index (χ3n) is 6.63. The van der Waals surface area contributed by atoms with E-state index in [2.05, 4.69) is 16.7 Å². The Morgan fingerprint density at radius 2 is 1.86 bits per heavy atom. The number of carboxylic acids is 1. The Morgan fingerprint density at radius 3 is 2.46 bits per heavy atom. The predicted octanol–water partition coefficient (Wildman–Crippen LogP) is 3.58. The number of carbonyl (C=O) groups excluding carboxylic acids is 2. The van der Waals surface area contributed by atoms with Gasteiger partial charge in [-0.15, -0.1) is 0 Å². The molecule has 7 nitrogen and oxygen atoms in total. The minimum atomic E-state index is -5.08. The molecule has 0 bridgehead atoms. The summed E-state index contributed by atoms with van der Waals surface area (Å²) in [5, 5.41) is 13.6. The van der Waals surface area contributed by atoms with E-state index in [1.165, 1.54) is 24.8 Å². The molecule has 0 aromatic heterocycles. The van der Waals surface area contributed by atoms with Crippen molar-refractivity contribution in [1.29, 1.82) is 0 Å². The van der Waals surface area contributed by atoms with Gasteiger partial charge in [0.05, 0.1) is 6.04 Å². The summed E-state index contributed by atoms with van der Waals surface area (Å²) in [6.07, 6.45) is 7.22. The lowest BCUT2D eigenvalue weighted by molar-refractivity contribution is -0.192. The number of carbonyl (C=O) groups is 3. The zero-order valence-corrected chi connectivity index (χ0v) is 19.5. The van der Waals surface area contributed by atoms with Crippen LogP contribution in [0.25, 0.3) is 0 Å². The molecule has 1 saturated heterocycles. The van der Waals surface area contributed by atoms with Crippen LogP contribution in [0.1, 0.15) is 50.5 Å². The smallest absolute Gasteiger partial charge is 0.475 e. The van der Waals surface area contributed by atoms with Gasteiger partial charge in [-0.25, -0.2) is 4.79 Å². The van der Waals surface area contributed by atoms with Gasteiger partial charge in [-0.3, -0.25) is 9.59 Å². The minimum absolute atomic E-state index is 0.00796. The molecule has 2 atom stereocenters. The summed E-state index contributed by atoms with van der Waals surface area (Å²) < 4.78 is 31.7. The largest absolute Gasteiger partial charge is 0.490 e. The van der Waals surface area contributed by atoms with Crippen molar-refractivity contribution in [3.05, 3.63) is 42.0 Å². The quantitative estimate of drug-likeness (QED) is 0.524. The summed E-state index contributed by atoms with van der Waals surface area (Å²) >= 11 is 0.